The quantitative estimate of drug-likeness (QED) is 0.520. The van der Waals surface area contributed by atoms with Gasteiger partial charge < -0.3 is 14.3 Å². The van der Waals surface area contributed by atoms with E-state index in [1.807, 2.05) is 21.7 Å². The van der Waals surface area contributed by atoms with Gasteiger partial charge in [-0.15, -0.1) is 5.10 Å². The third kappa shape index (κ3) is 2.78. The van der Waals surface area contributed by atoms with Crippen molar-refractivity contribution >= 4 is 11.5 Å². The topological polar surface area (TPSA) is 88.1 Å². The van der Waals surface area contributed by atoms with Crippen molar-refractivity contribution in [2.75, 3.05) is 11.4 Å². The second-order valence-electron chi connectivity index (χ2n) is 9.13. The number of imidazole rings is 1. The molecule has 1 unspecified atom stereocenters. The summed E-state index contributed by atoms with van der Waals surface area (Å²) in [6.07, 6.45) is 6.35. The van der Waals surface area contributed by atoms with E-state index >= 15 is 0 Å². The Kier molecular flexibility index (Phi) is 3.64. The number of hydrogen-bond acceptors (Lipinski definition) is 6. The van der Waals surface area contributed by atoms with E-state index in [2.05, 4.69) is 32.3 Å². The maximum atomic E-state index is 13.3. The van der Waals surface area contributed by atoms with Crippen molar-refractivity contribution in [3.05, 3.63) is 59.3 Å². The normalized spacial score (nSPS) is 22.8. The molecular formula is C22H21F2N7O. The second kappa shape index (κ2) is 6.36. The molecule has 2 fully saturated rings. The molecule has 1 atom stereocenters. The van der Waals surface area contributed by atoms with E-state index in [9.17, 15) is 8.78 Å². The largest absolute Gasteiger partial charge is 0.408 e. The smallest absolute Gasteiger partial charge is 0.319 e. The highest BCUT2D eigenvalue weighted by Crippen LogP contribution is 2.48. The summed E-state index contributed by atoms with van der Waals surface area (Å²) < 4.78 is 34.5. The zero-order valence-corrected chi connectivity index (χ0v) is 17.2. The van der Waals surface area contributed by atoms with Crippen molar-refractivity contribution in [2.45, 2.75) is 55.9 Å². The summed E-state index contributed by atoms with van der Waals surface area (Å²) >= 11 is 0. The molecule has 10 heteroatoms. The lowest BCUT2D eigenvalue weighted by Gasteiger charge is -2.33. The second-order valence-corrected chi connectivity index (χ2v) is 9.13. The third-order valence-electron chi connectivity index (χ3n) is 6.89. The molecule has 0 saturated heterocycles. The Morgan fingerprint density at radius 3 is 2.84 bits per heavy atom. The van der Waals surface area contributed by atoms with Crippen LogP contribution in [0.4, 0.5) is 14.8 Å². The molecule has 2 saturated carbocycles. The molecule has 32 heavy (non-hydrogen) atoms. The van der Waals surface area contributed by atoms with Gasteiger partial charge in [0.1, 0.15) is 6.04 Å². The zero-order chi connectivity index (χ0) is 21.4. The van der Waals surface area contributed by atoms with Crippen molar-refractivity contribution < 1.29 is 13.2 Å². The van der Waals surface area contributed by atoms with Crippen LogP contribution in [0.2, 0.25) is 0 Å². The number of H-pyrrole nitrogens is 1. The molecule has 5 heterocycles. The molecule has 2 aliphatic carbocycles. The molecular weight excluding hydrogens is 416 g/mol. The monoisotopic (exact) mass is 437 g/mol. The summed E-state index contributed by atoms with van der Waals surface area (Å²) in [5.41, 5.74) is 5.21. The van der Waals surface area contributed by atoms with E-state index in [0.717, 1.165) is 29.0 Å². The molecule has 0 spiro atoms. The lowest BCUT2D eigenvalue weighted by molar-refractivity contribution is -0.0917. The number of nitrogens with zero attached hydrogens (tertiary/aromatic N) is 6. The minimum absolute atomic E-state index is 0.238. The first-order valence-corrected chi connectivity index (χ1v) is 11.0. The van der Waals surface area contributed by atoms with Crippen LogP contribution in [0.3, 0.4) is 0 Å². The molecule has 1 N–H and O–H groups in total. The van der Waals surface area contributed by atoms with Crippen LogP contribution in [0, 0.1) is 0 Å². The van der Waals surface area contributed by atoms with E-state index in [1.54, 1.807) is 6.33 Å². The van der Waals surface area contributed by atoms with Gasteiger partial charge in [0.15, 0.2) is 0 Å². The summed E-state index contributed by atoms with van der Waals surface area (Å²) in [7, 11) is 0. The number of nitrogens with one attached hydrogen (secondary N) is 1. The molecule has 0 aromatic carbocycles. The van der Waals surface area contributed by atoms with Gasteiger partial charge in [-0.25, -0.2) is 18.3 Å². The number of anilines is 1. The number of hydrogen-bond donors (Lipinski definition) is 1. The van der Waals surface area contributed by atoms with Gasteiger partial charge in [-0.05, 0) is 36.5 Å². The maximum absolute atomic E-state index is 13.3. The molecule has 4 aromatic rings. The average molecular weight is 437 g/mol. The number of aromatic amines is 1. The number of aromatic nitrogens is 6. The van der Waals surface area contributed by atoms with Gasteiger partial charge in [0.25, 0.3) is 0 Å². The fourth-order valence-electron chi connectivity index (χ4n) is 5.05. The number of rotatable bonds is 4. The molecule has 1 aliphatic heterocycles. The molecule has 164 valence electrons. The molecule has 7 rings (SSSR count). The number of fused-ring (bicyclic) bond motifs is 2. The van der Waals surface area contributed by atoms with E-state index in [4.69, 9.17) is 9.52 Å². The van der Waals surface area contributed by atoms with Crippen LogP contribution < -0.4 is 4.90 Å². The fraction of sp³-hybridized carbons (Fsp3) is 0.455. The van der Waals surface area contributed by atoms with Crippen molar-refractivity contribution in [3.8, 4) is 0 Å². The van der Waals surface area contributed by atoms with E-state index < -0.39 is 5.92 Å². The molecule has 3 aliphatic rings. The number of halogens is 2. The van der Waals surface area contributed by atoms with Gasteiger partial charge in [-0.1, -0.05) is 11.2 Å². The summed E-state index contributed by atoms with van der Waals surface area (Å²) in [6, 6.07) is 6.37. The van der Waals surface area contributed by atoms with Crippen molar-refractivity contribution in [2.24, 2.45) is 0 Å². The lowest BCUT2D eigenvalue weighted by Crippen LogP contribution is -2.37. The van der Waals surface area contributed by atoms with Gasteiger partial charge in [0, 0.05) is 43.6 Å². The SMILES string of the molecule is FC1(F)CC(c2nnc(N3CCc4[nH]cnc4C3c3cc4c(C5CC5)cccn4n3)o2)C1. The van der Waals surface area contributed by atoms with Crippen LogP contribution in [0.5, 0.6) is 0 Å². The fourth-order valence-corrected chi connectivity index (χ4v) is 5.05. The zero-order valence-electron chi connectivity index (χ0n) is 17.2. The minimum Gasteiger partial charge on any atom is -0.408 e. The third-order valence-corrected chi connectivity index (χ3v) is 6.89. The number of alkyl halides is 2. The Morgan fingerprint density at radius 2 is 2.03 bits per heavy atom. The van der Waals surface area contributed by atoms with Gasteiger partial charge >= 0.3 is 6.01 Å². The van der Waals surface area contributed by atoms with E-state index in [0.29, 0.717) is 18.5 Å². The summed E-state index contributed by atoms with van der Waals surface area (Å²) in [6.45, 7) is 0.631. The minimum atomic E-state index is -2.63. The molecule has 4 aromatic heterocycles. The van der Waals surface area contributed by atoms with Crippen LogP contribution >= 0.6 is 0 Å². The Labute approximate surface area is 181 Å². The van der Waals surface area contributed by atoms with Gasteiger partial charge in [0.05, 0.1) is 23.2 Å². The van der Waals surface area contributed by atoms with E-state index in [1.165, 1.54) is 18.4 Å². The molecule has 0 radical (unpaired) electrons. The lowest BCUT2D eigenvalue weighted by atomic mass is 9.81. The number of pyridine rings is 1. The van der Waals surface area contributed by atoms with Crippen LogP contribution in [-0.2, 0) is 6.42 Å². The Balaban J connectivity index is 1.29. The van der Waals surface area contributed by atoms with Crippen molar-refractivity contribution in [3.63, 3.8) is 0 Å². The Morgan fingerprint density at radius 1 is 1.16 bits per heavy atom. The highest BCUT2D eigenvalue weighted by atomic mass is 19.3. The Bertz CT molecular complexity index is 1310. The highest BCUT2D eigenvalue weighted by molar-refractivity contribution is 5.59. The molecule has 0 amide bonds. The first-order chi connectivity index (χ1) is 15.6. The van der Waals surface area contributed by atoms with Crippen LogP contribution in [0.25, 0.3) is 5.52 Å². The summed E-state index contributed by atoms with van der Waals surface area (Å²) in [4.78, 5) is 9.81. The predicted octanol–water partition coefficient (Wildman–Crippen LogP) is 3.98. The standard InChI is InChI=1S/C22H21F2N7O/c23-22(24)9-13(10-22)20-27-28-21(32-20)30-7-5-15-18(26-11-25-15)19(30)16-8-17-14(12-3-4-12)2-1-6-31(17)29-16/h1-2,6,8,11-13,19H,3-5,7,9-10H2,(H,25,26). The maximum Gasteiger partial charge on any atom is 0.319 e. The average Bonchev–Trinajstić information content (AvgIpc) is 3.17. The van der Waals surface area contributed by atoms with Crippen LogP contribution in [0.1, 0.15) is 72.1 Å². The molecule has 8 nitrogen and oxygen atoms in total. The van der Waals surface area contributed by atoms with Gasteiger partial charge in [-0.3, -0.25) is 0 Å². The van der Waals surface area contributed by atoms with Crippen molar-refractivity contribution in [1.82, 2.24) is 29.8 Å². The van der Waals surface area contributed by atoms with Gasteiger partial charge in [-0.2, -0.15) is 5.10 Å². The van der Waals surface area contributed by atoms with Crippen LogP contribution in [0.15, 0.2) is 35.1 Å². The highest BCUT2D eigenvalue weighted by Gasteiger charge is 2.49. The van der Waals surface area contributed by atoms with Crippen LogP contribution in [-0.4, -0.2) is 42.2 Å². The molecule has 0 bridgehead atoms. The van der Waals surface area contributed by atoms with Crippen molar-refractivity contribution in [1.29, 1.82) is 0 Å². The summed E-state index contributed by atoms with van der Waals surface area (Å²) in [5, 5.41) is 13.2. The summed E-state index contributed by atoms with van der Waals surface area (Å²) in [5.74, 6) is -2.13. The predicted molar refractivity (Wildman–Crippen MR) is 110 cm³/mol. The first-order valence-electron chi connectivity index (χ1n) is 11.0. The Hall–Kier alpha value is -3.30. The van der Waals surface area contributed by atoms with E-state index in [-0.39, 0.29) is 30.7 Å². The van der Waals surface area contributed by atoms with Gasteiger partial charge in [0.2, 0.25) is 11.8 Å². The first kappa shape index (κ1) is 18.3.